The van der Waals surface area contributed by atoms with E-state index in [0.717, 1.165) is 5.32 Å². The van der Waals surface area contributed by atoms with Gasteiger partial charge >= 0.3 is 29.9 Å². The maximum absolute atomic E-state index is 13.1. The van der Waals surface area contributed by atoms with Gasteiger partial charge in [-0.2, -0.15) is 39.5 Å². The number of amides is 1. The van der Waals surface area contributed by atoms with Crippen molar-refractivity contribution in [3.05, 3.63) is 0 Å². The fourth-order valence-corrected chi connectivity index (χ4v) is 1.39. The van der Waals surface area contributed by atoms with E-state index in [0.29, 0.717) is 0 Å². The van der Waals surface area contributed by atoms with Crippen molar-refractivity contribution in [1.29, 1.82) is 0 Å². The third kappa shape index (κ3) is 2.67. The quantitative estimate of drug-likeness (QED) is 0.624. The number of carbonyl (C=O) groups is 2. The second-order valence-corrected chi connectivity index (χ2v) is 4.20. The van der Waals surface area contributed by atoms with Gasteiger partial charge in [-0.25, -0.2) is 4.79 Å². The molecule has 0 spiro atoms. The van der Waals surface area contributed by atoms with Crippen LogP contribution in [0.3, 0.4) is 0 Å². The minimum absolute atomic E-state index is 0.371. The molecule has 0 saturated carbocycles. The first-order valence-corrected chi connectivity index (χ1v) is 5.34. The third-order valence-electron chi connectivity index (χ3n) is 2.67. The van der Waals surface area contributed by atoms with Crippen LogP contribution < -0.4 is 5.32 Å². The summed E-state index contributed by atoms with van der Waals surface area (Å²) in [6, 6.07) is -1.84. The molecule has 1 amide bonds. The molecule has 0 aromatic rings. The van der Waals surface area contributed by atoms with Gasteiger partial charge in [0.25, 0.3) is 5.91 Å². The summed E-state index contributed by atoms with van der Waals surface area (Å²) in [5, 5.41) is 0.954. The Balaban J connectivity index is 3.05. The first-order chi connectivity index (χ1) is 9.66. The third-order valence-corrected chi connectivity index (χ3v) is 2.67. The minimum atomic E-state index is -7.17. The number of rotatable bonds is 4. The van der Waals surface area contributed by atoms with Crippen LogP contribution in [-0.4, -0.2) is 48.5 Å². The molecule has 1 heterocycles. The van der Waals surface area contributed by atoms with Crippen LogP contribution in [0, 0.1) is 0 Å². The summed E-state index contributed by atoms with van der Waals surface area (Å²) in [6.07, 6.45) is -7.45. The van der Waals surface area contributed by atoms with Crippen molar-refractivity contribution < 1.29 is 53.8 Å². The van der Waals surface area contributed by atoms with E-state index < -0.39 is 48.3 Å². The zero-order chi connectivity index (χ0) is 17.6. The summed E-state index contributed by atoms with van der Waals surface area (Å²) >= 11 is 0. The zero-order valence-corrected chi connectivity index (χ0v) is 10.1. The molecule has 0 aliphatic carbocycles. The van der Waals surface area contributed by atoms with Gasteiger partial charge in [-0.1, -0.05) is 0 Å². The number of esters is 1. The van der Waals surface area contributed by atoms with Gasteiger partial charge in [-0.3, -0.25) is 4.79 Å². The van der Waals surface area contributed by atoms with Gasteiger partial charge in [0.1, 0.15) is 6.04 Å². The number of alkyl halides is 9. The molecule has 4 nitrogen and oxygen atoms in total. The topological polar surface area (TPSA) is 55.4 Å². The summed E-state index contributed by atoms with van der Waals surface area (Å²) < 4.78 is 117. The van der Waals surface area contributed by atoms with Crippen LogP contribution in [-0.2, 0) is 14.3 Å². The van der Waals surface area contributed by atoms with Crippen LogP contribution >= 0.6 is 0 Å². The van der Waals surface area contributed by atoms with Crippen molar-refractivity contribution in [3.63, 3.8) is 0 Å². The van der Waals surface area contributed by atoms with Crippen molar-refractivity contribution in [2.75, 3.05) is 6.61 Å². The summed E-state index contributed by atoms with van der Waals surface area (Å²) in [5.74, 6) is -25.1. The minimum Gasteiger partial charge on any atom is -0.464 e. The summed E-state index contributed by atoms with van der Waals surface area (Å²) in [4.78, 5) is 21.8. The van der Waals surface area contributed by atoms with Crippen molar-refractivity contribution in [1.82, 2.24) is 5.32 Å². The van der Waals surface area contributed by atoms with Gasteiger partial charge in [0.05, 0.1) is 6.61 Å². The van der Waals surface area contributed by atoms with Crippen molar-refractivity contribution in [2.24, 2.45) is 0 Å². The van der Waals surface area contributed by atoms with E-state index in [1.807, 2.05) is 0 Å². The molecule has 1 atom stereocenters. The average molecular weight is 347 g/mol. The molecule has 0 unspecified atom stereocenters. The number of hydrogen-bond acceptors (Lipinski definition) is 3. The molecular weight excluding hydrogens is 341 g/mol. The highest BCUT2D eigenvalue weighted by Crippen LogP contribution is 2.53. The first kappa shape index (κ1) is 18.4. The fourth-order valence-electron chi connectivity index (χ4n) is 1.39. The monoisotopic (exact) mass is 347 g/mol. The normalized spacial score (nSPS) is 20.8. The van der Waals surface area contributed by atoms with Gasteiger partial charge in [-0.15, -0.1) is 0 Å². The van der Waals surface area contributed by atoms with Crippen LogP contribution in [0.25, 0.3) is 0 Å². The van der Waals surface area contributed by atoms with Crippen LogP contribution in [0.5, 0.6) is 0 Å². The Hall–Kier alpha value is -1.69. The molecule has 1 aliphatic rings. The highest BCUT2D eigenvalue weighted by atomic mass is 19.4. The molecule has 1 saturated heterocycles. The van der Waals surface area contributed by atoms with E-state index in [2.05, 4.69) is 4.74 Å². The Kier molecular flexibility index (Phi) is 4.33. The Morgan fingerprint density at radius 3 is 1.86 bits per heavy atom. The molecule has 128 valence electrons. The lowest BCUT2D eigenvalue weighted by atomic mass is 10.0. The molecule has 13 heteroatoms. The molecule has 1 N–H and O–H groups in total. The second-order valence-electron chi connectivity index (χ2n) is 4.20. The first-order valence-electron chi connectivity index (χ1n) is 5.34. The van der Waals surface area contributed by atoms with Crippen molar-refractivity contribution in [2.45, 2.75) is 36.4 Å². The molecule has 0 bridgehead atoms. The standard InChI is InChI=1S/C9H6F9NO3/c10-6(11,5(21)19-3-1-2-22-4(3)20)7(12,13)8(14,15)9(16,17)18/h3H,1-2H2,(H,19,21)/t3-/m0/s1. The zero-order valence-electron chi connectivity index (χ0n) is 10.1. The van der Waals surface area contributed by atoms with E-state index in [1.54, 1.807) is 0 Å². The largest absolute Gasteiger partial charge is 0.464 e. The molecule has 0 aromatic heterocycles. The molecule has 0 aromatic carbocycles. The van der Waals surface area contributed by atoms with Crippen LogP contribution in [0.15, 0.2) is 0 Å². The number of ether oxygens (including phenoxy) is 1. The Labute approximate surface area is 115 Å². The maximum Gasteiger partial charge on any atom is 0.460 e. The molecule has 0 radical (unpaired) electrons. The lowest BCUT2D eigenvalue weighted by Gasteiger charge is -2.32. The summed E-state index contributed by atoms with van der Waals surface area (Å²) in [5.41, 5.74) is 0. The van der Waals surface area contributed by atoms with Gasteiger partial charge in [0.15, 0.2) is 0 Å². The van der Waals surface area contributed by atoms with Crippen molar-refractivity contribution >= 4 is 11.9 Å². The van der Waals surface area contributed by atoms with Gasteiger partial charge < -0.3 is 10.1 Å². The molecule has 1 aliphatic heterocycles. The highest BCUT2D eigenvalue weighted by molar-refractivity contribution is 5.90. The Morgan fingerprint density at radius 2 is 1.50 bits per heavy atom. The number of nitrogens with one attached hydrogen (secondary N) is 1. The highest BCUT2D eigenvalue weighted by Gasteiger charge is 2.83. The molecule has 1 fully saturated rings. The predicted octanol–water partition coefficient (Wildman–Crippen LogP) is 1.89. The average Bonchev–Trinajstić information content (AvgIpc) is 2.73. The van der Waals surface area contributed by atoms with Crippen molar-refractivity contribution in [3.8, 4) is 0 Å². The predicted molar refractivity (Wildman–Crippen MR) is 48.4 cm³/mol. The number of carbonyl (C=O) groups excluding carboxylic acids is 2. The lowest BCUT2D eigenvalue weighted by Crippen LogP contribution is -2.66. The van der Waals surface area contributed by atoms with E-state index in [9.17, 15) is 49.1 Å². The lowest BCUT2D eigenvalue weighted by molar-refractivity contribution is -0.388. The fraction of sp³-hybridized carbons (Fsp3) is 0.778. The molecule has 1 rings (SSSR count). The number of halogens is 9. The maximum atomic E-state index is 13.1. The Morgan fingerprint density at radius 1 is 1.00 bits per heavy atom. The van der Waals surface area contributed by atoms with E-state index >= 15 is 0 Å². The van der Waals surface area contributed by atoms with E-state index in [-0.39, 0.29) is 6.61 Å². The van der Waals surface area contributed by atoms with Crippen LogP contribution in [0.4, 0.5) is 39.5 Å². The summed E-state index contributed by atoms with van der Waals surface area (Å²) in [6.45, 7) is -0.371. The number of cyclic esters (lactones) is 1. The second kappa shape index (κ2) is 5.19. The molecular formula is C9H6F9NO3. The van der Waals surface area contributed by atoms with E-state index in [4.69, 9.17) is 0 Å². The summed E-state index contributed by atoms with van der Waals surface area (Å²) in [7, 11) is 0. The smallest absolute Gasteiger partial charge is 0.460 e. The van der Waals surface area contributed by atoms with Crippen LogP contribution in [0.1, 0.15) is 6.42 Å². The molecule has 22 heavy (non-hydrogen) atoms. The van der Waals surface area contributed by atoms with Crippen LogP contribution in [0.2, 0.25) is 0 Å². The van der Waals surface area contributed by atoms with E-state index in [1.165, 1.54) is 0 Å². The van der Waals surface area contributed by atoms with Gasteiger partial charge in [-0.05, 0) is 0 Å². The SMILES string of the molecule is O=C1OCC[C@@H]1NC(=O)C(F)(F)C(F)(F)C(F)(F)C(F)(F)F. The van der Waals surface area contributed by atoms with Gasteiger partial charge in [0, 0.05) is 6.42 Å². The number of hydrogen-bond donors (Lipinski definition) is 1. The van der Waals surface area contributed by atoms with Gasteiger partial charge in [0.2, 0.25) is 0 Å². The Bertz CT molecular complexity index is 473.